The molecule has 0 aromatic heterocycles. The summed E-state index contributed by atoms with van der Waals surface area (Å²) in [6.07, 6.45) is -7.95. The standard InChI is InChI=1S/C7H16NO9P/c8-3-4(10)5(11)6(17-7(3)12)2(9)1-16-18(13,14)15/h2-7,9-12H,1,8H2,(H2,13,14,15)/t2-,3-,4-,5+,6-,7?/m1/s1. The maximum absolute atomic E-state index is 10.4. The molecule has 0 radical (unpaired) electrons. The number of phosphoric acid groups is 1. The van der Waals surface area contributed by atoms with E-state index in [0.29, 0.717) is 0 Å². The molecule has 0 spiro atoms. The van der Waals surface area contributed by atoms with Crippen molar-refractivity contribution in [2.24, 2.45) is 5.73 Å². The Hall–Kier alpha value is -0.130. The van der Waals surface area contributed by atoms with Crippen molar-refractivity contribution in [1.82, 2.24) is 0 Å². The zero-order chi connectivity index (χ0) is 14.1. The number of aliphatic hydroxyl groups excluding tert-OH is 4. The fourth-order valence-corrected chi connectivity index (χ4v) is 1.86. The van der Waals surface area contributed by atoms with Crippen LogP contribution in [-0.4, -0.2) is 73.6 Å². The molecule has 1 heterocycles. The number of aliphatic hydroxyl groups is 4. The van der Waals surface area contributed by atoms with Gasteiger partial charge in [0.1, 0.15) is 24.4 Å². The summed E-state index contributed by atoms with van der Waals surface area (Å²) in [6.45, 7) is -0.847. The number of hydrogen-bond donors (Lipinski definition) is 7. The molecule has 0 aromatic rings. The largest absolute Gasteiger partial charge is 0.469 e. The van der Waals surface area contributed by atoms with Crippen molar-refractivity contribution in [3.8, 4) is 0 Å². The molecule has 0 amide bonds. The molecule has 1 aliphatic heterocycles. The molecule has 10 nitrogen and oxygen atoms in total. The van der Waals surface area contributed by atoms with Crippen LogP contribution in [-0.2, 0) is 13.8 Å². The van der Waals surface area contributed by atoms with Gasteiger partial charge in [0, 0.05) is 0 Å². The van der Waals surface area contributed by atoms with Crippen molar-refractivity contribution in [2.45, 2.75) is 36.7 Å². The van der Waals surface area contributed by atoms with Crippen LogP contribution in [0.2, 0.25) is 0 Å². The van der Waals surface area contributed by atoms with Crippen LogP contribution in [0.15, 0.2) is 0 Å². The van der Waals surface area contributed by atoms with E-state index < -0.39 is 51.2 Å². The van der Waals surface area contributed by atoms with E-state index >= 15 is 0 Å². The molecule has 0 aliphatic carbocycles. The lowest BCUT2D eigenvalue weighted by Gasteiger charge is -2.40. The number of hydrogen-bond acceptors (Lipinski definition) is 8. The monoisotopic (exact) mass is 289 g/mol. The first-order valence-electron chi connectivity index (χ1n) is 4.97. The molecule has 6 atom stereocenters. The minimum atomic E-state index is -4.78. The van der Waals surface area contributed by atoms with E-state index in [-0.39, 0.29) is 0 Å². The van der Waals surface area contributed by atoms with Gasteiger partial charge < -0.3 is 40.7 Å². The van der Waals surface area contributed by atoms with Gasteiger partial charge in [-0.1, -0.05) is 0 Å². The van der Waals surface area contributed by atoms with Crippen LogP contribution in [0.5, 0.6) is 0 Å². The van der Waals surface area contributed by atoms with Gasteiger partial charge in [0.15, 0.2) is 6.29 Å². The Morgan fingerprint density at radius 1 is 1.28 bits per heavy atom. The van der Waals surface area contributed by atoms with Gasteiger partial charge in [0.25, 0.3) is 0 Å². The highest BCUT2D eigenvalue weighted by molar-refractivity contribution is 7.46. The van der Waals surface area contributed by atoms with E-state index in [9.17, 15) is 25.0 Å². The van der Waals surface area contributed by atoms with Crippen molar-refractivity contribution < 1.29 is 44.0 Å². The highest BCUT2D eigenvalue weighted by Gasteiger charge is 2.45. The van der Waals surface area contributed by atoms with Gasteiger partial charge in [0.2, 0.25) is 0 Å². The van der Waals surface area contributed by atoms with Crippen molar-refractivity contribution in [3.05, 3.63) is 0 Å². The number of phosphoric ester groups is 1. The quantitative estimate of drug-likeness (QED) is 0.253. The molecule has 8 N–H and O–H groups in total. The Kier molecular flexibility index (Phi) is 5.21. The summed E-state index contributed by atoms with van der Waals surface area (Å²) in [4.78, 5) is 16.9. The topological polar surface area (TPSA) is 183 Å². The second kappa shape index (κ2) is 5.88. The van der Waals surface area contributed by atoms with E-state index in [4.69, 9.17) is 20.3 Å². The minimum Gasteiger partial charge on any atom is -0.388 e. The number of ether oxygens (including phenoxy) is 1. The third-order valence-corrected chi connectivity index (χ3v) is 2.98. The van der Waals surface area contributed by atoms with Crippen LogP contribution in [0, 0.1) is 0 Å². The smallest absolute Gasteiger partial charge is 0.388 e. The predicted molar refractivity (Wildman–Crippen MR) is 54.9 cm³/mol. The van der Waals surface area contributed by atoms with Crippen molar-refractivity contribution in [2.75, 3.05) is 6.61 Å². The van der Waals surface area contributed by atoms with Crippen LogP contribution < -0.4 is 5.73 Å². The zero-order valence-electron chi connectivity index (χ0n) is 9.10. The van der Waals surface area contributed by atoms with Gasteiger partial charge in [-0.25, -0.2) is 4.57 Å². The molecule has 1 unspecified atom stereocenters. The molecule has 0 saturated carbocycles. The molecule has 1 fully saturated rings. The van der Waals surface area contributed by atoms with Crippen molar-refractivity contribution >= 4 is 7.82 Å². The summed E-state index contributed by atoms with van der Waals surface area (Å²) < 4.78 is 19.2. The second-order valence-corrected chi connectivity index (χ2v) is 5.14. The van der Waals surface area contributed by atoms with Gasteiger partial charge in [-0.05, 0) is 0 Å². The zero-order valence-corrected chi connectivity index (χ0v) is 10.00. The average molecular weight is 289 g/mol. The lowest BCUT2D eigenvalue weighted by atomic mass is 9.94. The first-order valence-corrected chi connectivity index (χ1v) is 6.50. The predicted octanol–water partition coefficient (Wildman–Crippen LogP) is -3.78. The SMILES string of the molecule is N[C@H]1C(O)O[C@H]([C@H](O)COP(=O)(O)O)[C@@H](O)[C@@H]1O. The number of rotatable bonds is 4. The van der Waals surface area contributed by atoms with Crippen molar-refractivity contribution in [1.29, 1.82) is 0 Å². The molecular weight excluding hydrogens is 273 g/mol. The van der Waals surface area contributed by atoms with E-state index in [1.165, 1.54) is 0 Å². The van der Waals surface area contributed by atoms with Crippen LogP contribution in [0.4, 0.5) is 0 Å². The summed E-state index contributed by atoms with van der Waals surface area (Å²) in [5.41, 5.74) is 5.30. The van der Waals surface area contributed by atoms with Crippen LogP contribution in [0.1, 0.15) is 0 Å². The van der Waals surface area contributed by atoms with Gasteiger partial charge in [-0.2, -0.15) is 0 Å². The van der Waals surface area contributed by atoms with Gasteiger partial charge in [0.05, 0.1) is 12.6 Å². The Morgan fingerprint density at radius 2 is 1.83 bits per heavy atom. The molecule has 11 heteroatoms. The Bertz CT molecular complexity index is 322. The molecular formula is C7H16NO9P. The lowest BCUT2D eigenvalue weighted by Crippen LogP contribution is -2.64. The summed E-state index contributed by atoms with van der Waals surface area (Å²) >= 11 is 0. The van der Waals surface area contributed by atoms with Crippen LogP contribution in [0.3, 0.4) is 0 Å². The van der Waals surface area contributed by atoms with Crippen LogP contribution in [0.25, 0.3) is 0 Å². The molecule has 0 bridgehead atoms. The summed E-state index contributed by atoms with van der Waals surface area (Å²) in [5.74, 6) is 0. The molecule has 1 rings (SSSR count). The van der Waals surface area contributed by atoms with E-state index in [2.05, 4.69) is 4.52 Å². The molecule has 0 aromatic carbocycles. The van der Waals surface area contributed by atoms with E-state index in [1.807, 2.05) is 0 Å². The fourth-order valence-electron chi connectivity index (χ4n) is 1.51. The molecule has 1 saturated heterocycles. The van der Waals surface area contributed by atoms with Gasteiger partial charge >= 0.3 is 7.82 Å². The Morgan fingerprint density at radius 3 is 2.33 bits per heavy atom. The second-order valence-electron chi connectivity index (χ2n) is 3.90. The first-order chi connectivity index (χ1) is 8.13. The summed E-state index contributed by atoms with van der Waals surface area (Å²) in [7, 11) is -4.78. The molecule has 108 valence electrons. The normalized spacial score (nSPS) is 39.6. The number of nitrogens with two attached hydrogens (primary N) is 1. The maximum atomic E-state index is 10.4. The van der Waals surface area contributed by atoms with E-state index in [0.717, 1.165) is 0 Å². The summed E-state index contributed by atoms with van der Waals surface area (Å²) in [5, 5.41) is 37.8. The summed E-state index contributed by atoms with van der Waals surface area (Å²) in [6, 6.07) is -1.26. The van der Waals surface area contributed by atoms with Crippen molar-refractivity contribution in [3.63, 3.8) is 0 Å². The van der Waals surface area contributed by atoms with Crippen LogP contribution >= 0.6 is 7.82 Å². The van der Waals surface area contributed by atoms with E-state index in [1.54, 1.807) is 0 Å². The van der Waals surface area contributed by atoms with Gasteiger partial charge in [-0.3, -0.25) is 4.52 Å². The third-order valence-electron chi connectivity index (χ3n) is 2.50. The Balaban J connectivity index is 2.62. The molecule has 18 heavy (non-hydrogen) atoms. The average Bonchev–Trinajstić information content (AvgIpc) is 2.27. The minimum absolute atomic E-state index is 0.847. The highest BCUT2D eigenvalue weighted by atomic mass is 31.2. The third kappa shape index (κ3) is 3.93. The maximum Gasteiger partial charge on any atom is 0.469 e. The highest BCUT2D eigenvalue weighted by Crippen LogP contribution is 2.36. The molecule has 1 aliphatic rings. The van der Waals surface area contributed by atoms with Gasteiger partial charge in [-0.15, -0.1) is 0 Å². The fraction of sp³-hybridized carbons (Fsp3) is 1.00. The Labute approximate surface area is 102 Å². The first kappa shape index (κ1) is 15.9. The lowest BCUT2D eigenvalue weighted by molar-refractivity contribution is -0.264.